The zero-order valence-corrected chi connectivity index (χ0v) is 11.8. The maximum atomic E-state index is 9.11. The molecular formula is C14H15ClN4. The van der Waals surface area contributed by atoms with Crippen molar-refractivity contribution in [2.24, 2.45) is 0 Å². The number of halogens is 1. The number of rotatable bonds is 4. The Morgan fingerprint density at radius 2 is 2.21 bits per heavy atom. The van der Waals surface area contributed by atoms with E-state index < -0.39 is 0 Å². The fraction of sp³-hybridized carbons (Fsp3) is 0.357. The van der Waals surface area contributed by atoms with Gasteiger partial charge in [0.1, 0.15) is 6.07 Å². The van der Waals surface area contributed by atoms with E-state index in [0.717, 1.165) is 36.2 Å². The highest BCUT2D eigenvalue weighted by atomic mass is 35.5. The minimum absolute atomic E-state index is 0.396. The normalized spacial score (nSPS) is 10.4. The molecule has 98 valence electrons. The van der Waals surface area contributed by atoms with Crippen LogP contribution in [0, 0.1) is 18.3 Å². The van der Waals surface area contributed by atoms with Crippen LogP contribution in [-0.4, -0.2) is 15.0 Å². The van der Waals surface area contributed by atoms with Gasteiger partial charge in [0.15, 0.2) is 5.69 Å². The van der Waals surface area contributed by atoms with E-state index in [9.17, 15) is 0 Å². The Bertz CT molecular complexity index is 625. The fourth-order valence-corrected chi connectivity index (χ4v) is 2.13. The molecule has 0 spiro atoms. The number of nitrogens with zero attached hydrogens (tertiary/aromatic N) is 4. The van der Waals surface area contributed by atoms with Crippen molar-refractivity contribution in [2.45, 2.75) is 33.1 Å². The van der Waals surface area contributed by atoms with Crippen LogP contribution in [0.5, 0.6) is 0 Å². The monoisotopic (exact) mass is 274 g/mol. The van der Waals surface area contributed by atoms with E-state index in [1.165, 1.54) is 0 Å². The largest absolute Gasteiger partial charge is 0.216 e. The highest BCUT2D eigenvalue weighted by Crippen LogP contribution is 2.22. The van der Waals surface area contributed by atoms with Gasteiger partial charge < -0.3 is 0 Å². The predicted octanol–water partition coefficient (Wildman–Crippen LogP) is 3.44. The molecule has 0 unspecified atom stereocenters. The SMILES string of the molecule is CCCCc1c(C#N)nnn1-c1cc(Cl)ccc1C. The molecule has 1 heterocycles. The van der Waals surface area contributed by atoms with Gasteiger partial charge in [-0.1, -0.05) is 36.2 Å². The van der Waals surface area contributed by atoms with Gasteiger partial charge in [-0.15, -0.1) is 5.10 Å². The number of unbranched alkanes of at least 4 members (excludes halogenated alkanes) is 1. The lowest BCUT2D eigenvalue weighted by Crippen LogP contribution is -2.05. The third-order valence-electron chi connectivity index (χ3n) is 3.04. The molecule has 0 fully saturated rings. The summed E-state index contributed by atoms with van der Waals surface area (Å²) < 4.78 is 1.73. The highest BCUT2D eigenvalue weighted by Gasteiger charge is 2.15. The Morgan fingerprint density at radius 1 is 1.42 bits per heavy atom. The van der Waals surface area contributed by atoms with Crippen LogP contribution in [0.3, 0.4) is 0 Å². The molecule has 0 saturated carbocycles. The summed E-state index contributed by atoms with van der Waals surface area (Å²) in [6.07, 6.45) is 2.85. The van der Waals surface area contributed by atoms with E-state index in [-0.39, 0.29) is 0 Å². The van der Waals surface area contributed by atoms with Gasteiger partial charge in [-0.05, 0) is 37.5 Å². The smallest absolute Gasteiger partial charge is 0.186 e. The first-order valence-corrected chi connectivity index (χ1v) is 6.66. The highest BCUT2D eigenvalue weighted by molar-refractivity contribution is 6.30. The molecule has 0 aliphatic rings. The van der Waals surface area contributed by atoms with E-state index in [1.807, 2.05) is 25.1 Å². The quantitative estimate of drug-likeness (QED) is 0.858. The molecule has 0 radical (unpaired) electrons. The molecule has 0 amide bonds. The van der Waals surface area contributed by atoms with E-state index in [2.05, 4.69) is 23.3 Å². The van der Waals surface area contributed by atoms with Crippen molar-refractivity contribution in [3.8, 4) is 11.8 Å². The average Bonchev–Trinajstić information content (AvgIpc) is 2.81. The minimum Gasteiger partial charge on any atom is -0.216 e. The number of hydrogen-bond donors (Lipinski definition) is 0. The molecule has 2 rings (SSSR count). The van der Waals surface area contributed by atoms with Gasteiger partial charge in [0.2, 0.25) is 0 Å². The molecule has 4 nitrogen and oxygen atoms in total. The third kappa shape index (κ3) is 2.77. The van der Waals surface area contributed by atoms with Crippen LogP contribution in [-0.2, 0) is 6.42 Å². The molecule has 1 aromatic carbocycles. The van der Waals surface area contributed by atoms with Crippen molar-refractivity contribution in [1.82, 2.24) is 15.0 Å². The second kappa shape index (κ2) is 5.85. The summed E-state index contributed by atoms with van der Waals surface area (Å²) in [6, 6.07) is 7.73. The van der Waals surface area contributed by atoms with Crippen molar-refractivity contribution >= 4 is 11.6 Å². The lowest BCUT2D eigenvalue weighted by molar-refractivity contribution is 0.713. The van der Waals surface area contributed by atoms with Crippen molar-refractivity contribution in [1.29, 1.82) is 5.26 Å². The Kier molecular flexibility index (Phi) is 4.18. The van der Waals surface area contributed by atoms with Crippen LogP contribution in [0.15, 0.2) is 18.2 Å². The topological polar surface area (TPSA) is 54.5 Å². The molecule has 5 heteroatoms. The molecule has 0 N–H and O–H groups in total. The van der Waals surface area contributed by atoms with Gasteiger partial charge in [0.25, 0.3) is 0 Å². The first-order chi connectivity index (χ1) is 9.17. The Hall–Kier alpha value is -1.86. The van der Waals surface area contributed by atoms with Gasteiger partial charge in [-0.2, -0.15) is 5.26 Å². The molecular weight excluding hydrogens is 260 g/mol. The van der Waals surface area contributed by atoms with E-state index in [0.29, 0.717) is 10.7 Å². The molecule has 0 aliphatic heterocycles. The lowest BCUT2D eigenvalue weighted by atomic mass is 10.1. The van der Waals surface area contributed by atoms with Crippen molar-refractivity contribution in [3.63, 3.8) is 0 Å². The molecule has 0 aliphatic carbocycles. The Labute approximate surface area is 117 Å². The maximum Gasteiger partial charge on any atom is 0.186 e. The van der Waals surface area contributed by atoms with Gasteiger partial charge in [0, 0.05) is 5.02 Å². The van der Waals surface area contributed by atoms with Crippen LogP contribution in [0.4, 0.5) is 0 Å². The number of hydrogen-bond acceptors (Lipinski definition) is 3. The maximum absolute atomic E-state index is 9.11. The second-order valence-corrected chi connectivity index (χ2v) is 4.88. The molecule has 1 aromatic heterocycles. The molecule has 2 aromatic rings. The number of aryl methyl sites for hydroxylation is 1. The van der Waals surface area contributed by atoms with Gasteiger partial charge in [-0.3, -0.25) is 0 Å². The second-order valence-electron chi connectivity index (χ2n) is 4.44. The summed E-state index contributed by atoms with van der Waals surface area (Å²) in [7, 11) is 0. The zero-order valence-electron chi connectivity index (χ0n) is 11.0. The first-order valence-electron chi connectivity index (χ1n) is 6.28. The summed E-state index contributed by atoms with van der Waals surface area (Å²) in [6.45, 7) is 4.10. The molecule has 19 heavy (non-hydrogen) atoms. The van der Waals surface area contributed by atoms with Gasteiger partial charge >= 0.3 is 0 Å². The van der Waals surface area contributed by atoms with Crippen molar-refractivity contribution in [2.75, 3.05) is 0 Å². The zero-order chi connectivity index (χ0) is 13.8. The summed E-state index contributed by atoms with van der Waals surface area (Å²) >= 11 is 6.04. The lowest BCUT2D eigenvalue weighted by Gasteiger charge is -2.09. The average molecular weight is 275 g/mol. The van der Waals surface area contributed by atoms with E-state index >= 15 is 0 Å². The molecule has 0 bridgehead atoms. The van der Waals surface area contributed by atoms with Crippen molar-refractivity contribution in [3.05, 3.63) is 40.2 Å². The van der Waals surface area contributed by atoms with Crippen LogP contribution in [0.1, 0.15) is 36.7 Å². The third-order valence-corrected chi connectivity index (χ3v) is 3.27. The minimum atomic E-state index is 0.396. The first kappa shape index (κ1) is 13.6. The Morgan fingerprint density at radius 3 is 2.89 bits per heavy atom. The predicted molar refractivity (Wildman–Crippen MR) is 74.4 cm³/mol. The Balaban J connectivity index is 2.53. The van der Waals surface area contributed by atoms with Crippen LogP contribution in [0.2, 0.25) is 5.02 Å². The summed E-state index contributed by atoms with van der Waals surface area (Å²) in [5.74, 6) is 0. The van der Waals surface area contributed by atoms with Crippen LogP contribution in [0.25, 0.3) is 5.69 Å². The van der Waals surface area contributed by atoms with Crippen LogP contribution >= 0.6 is 11.6 Å². The summed E-state index contributed by atoms with van der Waals surface area (Å²) in [4.78, 5) is 0. The number of aromatic nitrogens is 3. The van der Waals surface area contributed by atoms with Gasteiger partial charge in [0.05, 0.1) is 11.4 Å². The van der Waals surface area contributed by atoms with Gasteiger partial charge in [-0.25, -0.2) is 4.68 Å². The summed E-state index contributed by atoms with van der Waals surface area (Å²) in [5.41, 5.74) is 3.19. The van der Waals surface area contributed by atoms with Crippen LogP contribution < -0.4 is 0 Å². The number of benzene rings is 1. The fourth-order valence-electron chi connectivity index (χ4n) is 1.96. The molecule has 0 atom stereocenters. The van der Waals surface area contributed by atoms with E-state index in [4.69, 9.17) is 16.9 Å². The van der Waals surface area contributed by atoms with E-state index in [1.54, 1.807) is 4.68 Å². The van der Waals surface area contributed by atoms with Crippen molar-refractivity contribution < 1.29 is 0 Å². The molecule has 0 saturated heterocycles. The number of nitriles is 1. The summed E-state index contributed by atoms with van der Waals surface area (Å²) in [5, 5.41) is 17.8. The standard InChI is InChI=1S/C14H15ClN4/c1-3-4-5-13-12(9-16)17-18-19(13)14-8-11(15)7-6-10(14)2/h6-8H,3-5H2,1-2H3.